The number of hydrogen-bond donors (Lipinski definition) is 3. The number of nitrogens with one attached hydrogen (secondary N) is 3. The molecule has 0 bridgehead atoms. The monoisotopic (exact) mass is 410 g/mol. The summed E-state index contributed by atoms with van der Waals surface area (Å²) < 4.78 is 0. The molecule has 1 aromatic carbocycles. The first-order valence-electron chi connectivity index (χ1n) is 10.8. The summed E-state index contributed by atoms with van der Waals surface area (Å²) in [6.07, 6.45) is 5.18. The Morgan fingerprint density at radius 2 is 1.93 bits per heavy atom. The minimum absolute atomic E-state index is 0.120. The third-order valence-corrected chi connectivity index (χ3v) is 7.26. The molecule has 3 heterocycles. The van der Waals surface area contributed by atoms with Gasteiger partial charge in [0.1, 0.15) is 6.04 Å². The number of amides is 4. The van der Waals surface area contributed by atoms with E-state index in [-0.39, 0.29) is 18.7 Å². The molecule has 158 valence electrons. The third-order valence-electron chi connectivity index (χ3n) is 7.26. The summed E-state index contributed by atoms with van der Waals surface area (Å²) in [5.41, 5.74) is 1.78. The second-order valence-corrected chi connectivity index (χ2v) is 8.84. The molecule has 0 radical (unpaired) electrons. The highest BCUT2D eigenvalue weighted by Crippen LogP contribution is 2.42. The lowest BCUT2D eigenvalue weighted by atomic mass is 9.69. The molecule has 8 heteroatoms. The fourth-order valence-electron chi connectivity index (χ4n) is 5.47. The van der Waals surface area contributed by atoms with Crippen molar-refractivity contribution in [3.8, 4) is 0 Å². The van der Waals surface area contributed by atoms with E-state index in [2.05, 4.69) is 16.0 Å². The van der Waals surface area contributed by atoms with Crippen molar-refractivity contribution in [3.05, 3.63) is 34.9 Å². The molecule has 4 amide bonds. The minimum Gasteiger partial charge on any atom is -0.312 e. The maximum atomic E-state index is 13.1. The fraction of sp³-hybridized carbons (Fsp3) is 0.545. The Bertz CT molecular complexity index is 939. The average molecular weight is 410 g/mol. The normalized spacial score (nSPS) is 27.4. The van der Waals surface area contributed by atoms with Gasteiger partial charge in [0, 0.05) is 25.0 Å². The second-order valence-electron chi connectivity index (χ2n) is 8.84. The molecule has 5 rings (SSSR count). The van der Waals surface area contributed by atoms with Gasteiger partial charge in [-0.1, -0.05) is 12.1 Å². The van der Waals surface area contributed by atoms with Crippen LogP contribution in [0.15, 0.2) is 18.2 Å². The number of hydrogen-bond acceptors (Lipinski definition) is 6. The number of imide groups is 2. The Labute approximate surface area is 174 Å². The number of fused-ring (bicyclic) bond motifs is 1. The average Bonchev–Trinajstić information content (AvgIpc) is 3.23. The van der Waals surface area contributed by atoms with E-state index in [0.29, 0.717) is 29.1 Å². The van der Waals surface area contributed by atoms with Crippen LogP contribution in [-0.2, 0) is 16.1 Å². The van der Waals surface area contributed by atoms with E-state index in [9.17, 15) is 19.2 Å². The molecule has 1 aliphatic carbocycles. The summed E-state index contributed by atoms with van der Waals surface area (Å²) in [6, 6.07) is 4.34. The van der Waals surface area contributed by atoms with Gasteiger partial charge >= 0.3 is 0 Å². The topological polar surface area (TPSA) is 108 Å². The van der Waals surface area contributed by atoms with Crippen LogP contribution >= 0.6 is 0 Å². The molecule has 1 saturated carbocycles. The summed E-state index contributed by atoms with van der Waals surface area (Å²) in [6.45, 7) is 2.43. The third kappa shape index (κ3) is 2.97. The van der Waals surface area contributed by atoms with Gasteiger partial charge in [-0.3, -0.25) is 29.4 Å². The first kappa shape index (κ1) is 19.4. The molecule has 30 heavy (non-hydrogen) atoms. The van der Waals surface area contributed by atoms with Crippen LogP contribution in [0.5, 0.6) is 0 Å². The van der Waals surface area contributed by atoms with E-state index >= 15 is 0 Å². The van der Waals surface area contributed by atoms with E-state index in [1.54, 1.807) is 12.1 Å². The number of carbonyl (C=O) groups excluding carboxylic acids is 4. The Hall–Kier alpha value is -2.58. The highest BCUT2D eigenvalue weighted by Gasteiger charge is 2.47. The molecule has 2 unspecified atom stereocenters. The maximum absolute atomic E-state index is 13.1. The standard InChI is InChI=1S/C22H26N4O4/c27-17-6-5-16(19(28)25-17)26-20(29)15-4-1-3-13(18(15)21(26)30)11-23-12-14-7-10-24-22(14)8-2-9-22/h1,3-4,14,16,23-24H,2,5-12H2,(H,25,27,28). The van der Waals surface area contributed by atoms with Crippen LogP contribution in [0.2, 0.25) is 0 Å². The predicted octanol–water partition coefficient (Wildman–Crippen LogP) is 0.710. The van der Waals surface area contributed by atoms with Crippen LogP contribution in [-0.4, -0.2) is 53.2 Å². The number of nitrogens with zero attached hydrogens (tertiary/aromatic N) is 1. The number of rotatable bonds is 5. The molecular weight excluding hydrogens is 384 g/mol. The molecule has 3 fully saturated rings. The molecule has 8 nitrogen and oxygen atoms in total. The Morgan fingerprint density at radius 1 is 1.10 bits per heavy atom. The van der Waals surface area contributed by atoms with Crippen LogP contribution in [0, 0.1) is 5.92 Å². The van der Waals surface area contributed by atoms with Gasteiger partial charge in [0.05, 0.1) is 11.1 Å². The summed E-state index contributed by atoms with van der Waals surface area (Å²) in [7, 11) is 0. The quantitative estimate of drug-likeness (QED) is 0.617. The van der Waals surface area contributed by atoms with E-state index in [1.807, 2.05) is 6.07 Å². The van der Waals surface area contributed by atoms with Crippen LogP contribution in [0.3, 0.4) is 0 Å². The minimum atomic E-state index is -0.932. The molecule has 3 N–H and O–H groups in total. The van der Waals surface area contributed by atoms with Crippen molar-refractivity contribution in [2.24, 2.45) is 5.92 Å². The van der Waals surface area contributed by atoms with Gasteiger partial charge in [-0.2, -0.15) is 0 Å². The lowest BCUT2D eigenvalue weighted by Crippen LogP contribution is -2.54. The maximum Gasteiger partial charge on any atom is 0.262 e. The SMILES string of the molecule is O=C1CCC(N2C(=O)c3cccc(CNCC4CCNC45CCC5)c3C2=O)C(=O)N1. The molecule has 2 saturated heterocycles. The lowest BCUT2D eigenvalue weighted by Gasteiger charge is -2.44. The highest BCUT2D eigenvalue weighted by molar-refractivity contribution is 6.24. The van der Waals surface area contributed by atoms with Gasteiger partial charge in [-0.15, -0.1) is 0 Å². The summed E-state index contributed by atoms with van der Waals surface area (Å²) in [4.78, 5) is 50.7. The molecule has 4 aliphatic rings. The Morgan fingerprint density at radius 3 is 2.67 bits per heavy atom. The highest BCUT2D eigenvalue weighted by atomic mass is 16.2. The van der Waals surface area contributed by atoms with Crippen molar-refractivity contribution >= 4 is 23.6 Å². The van der Waals surface area contributed by atoms with E-state index < -0.39 is 23.8 Å². The van der Waals surface area contributed by atoms with Crippen LogP contribution in [0.4, 0.5) is 0 Å². The molecule has 0 aromatic heterocycles. The first-order chi connectivity index (χ1) is 14.5. The molecule has 1 aromatic rings. The predicted molar refractivity (Wildman–Crippen MR) is 108 cm³/mol. The van der Waals surface area contributed by atoms with Crippen molar-refractivity contribution in [2.45, 2.75) is 56.7 Å². The number of carbonyl (C=O) groups is 4. The van der Waals surface area contributed by atoms with Gasteiger partial charge in [-0.05, 0) is 56.2 Å². The zero-order chi connectivity index (χ0) is 20.9. The molecule has 1 spiro atoms. The van der Waals surface area contributed by atoms with Crippen molar-refractivity contribution in [1.29, 1.82) is 0 Å². The molecule has 3 aliphatic heterocycles. The van der Waals surface area contributed by atoms with E-state index in [1.165, 1.54) is 19.3 Å². The van der Waals surface area contributed by atoms with Crippen molar-refractivity contribution < 1.29 is 19.2 Å². The lowest BCUT2D eigenvalue weighted by molar-refractivity contribution is -0.136. The summed E-state index contributed by atoms with van der Waals surface area (Å²) in [5.74, 6) is -1.27. The Balaban J connectivity index is 1.31. The van der Waals surface area contributed by atoms with Crippen molar-refractivity contribution in [3.63, 3.8) is 0 Å². The largest absolute Gasteiger partial charge is 0.312 e. The second kappa shape index (κ2) is 7.28. The zero-order valence-electron chi connectivity index (χ0n) is 16.8. The van der Waals surface area contributed by atoms with Gasteiger partial charge in [-0.25, -0.2) is 0 Å². The van der Waals surface area contributed by atoms with E-state index in [4.69, 9.17) is 0 Å². The summed E-state index contributed by atoms with van der Waals surface area (Å²) in [5, 5.41) is 9.39. The van der Waals surface area contributed by atoms with Gasteiger partial charge in [0.25, 0.3) is 11.8 Å². The first-order valence-corrected chi connectivity index (χ1v) is 10.8. The van der Waals surface area contributed by atoms with Crippen LogP contribution in [0.25, 0.3) is 0 Å². The Kier molecular flexibility index (Phi) is 4.71. The van der Waals surface area contributed by atoms with Crippen LogP contribution < -0.4 is 16.0 Å². The van der Waals surface area contributed by atoms with Crippen molar-refractivity contribution in [1.82, 2.24) is 20.9 Å². The zero-order valence-corrected chi connectivity index (χ0v) is 16.8. The summed E-state index contributed by atoms with van der Waals surface area (Å²) >= 11 is 0. The van der Waals surface area contributed by atoms with Gasteiger partial charge in [0.15, 0.2) is 0 Å². The fourth-order valence-corrected chi connectivity index (χ4v) is 5.47. The smallest absolute Gasteiger partial charge is 0.262 e. The van der Waals surface area contributed by atoms with Crippen molar-refractivity contribution in [2.75, 3.05) is 13.1 Å². The number of piperidine rings is 1. The molecule has 2 atom stereocenters. The number of benzene rings is 1. The van der Waals surface area contributed by atoms with Gasteiger partial charge in [0.2, 0.25) is 11.8 Å². The van der Waals surface area contributed by atoms with E-state index in [0.717, 1.165) is 30.0 Å². The molecular formula is C22H26N4O4. The van der Waals surface area contributed by atoms with Gasteiger partial charge < -0.3 is 10.6 Å². The van der Waals surface area contributed by atoms with Crippen LogP contribution in [0.1, 0.15) is 64.8 Å².